The van der Waals surface area contributed by atoms with Crippen molar-refractivity contribution in [1.29, 1.82) is 0 Å². The number of esters is 2. The first-order valence-electron chi connectivity index (χ1n) is 20.9. The first-order valence-corrected chi connectivity index (χ1v) is 20.9. The van der Waals surface area contributed by atoms with Crippen molar-refractivity contribution in [3.8, 4) is 0 Å². The summed E-state index contributed by atoms with van der Waals surface area (Å²) in [5, 5.41) is 0. The van der Waals surface area contributed by atoms with Crippen molar-refractivity contribution in [3.05, 3.63) is 36.5 Å². The quantitative estimate of drug-likeness (QED) is 0.0289. The van der Waals surface area contributed by atoms with Crippen LogP contribution in [0.4, 0.5) is 0 Å². The lowest BCUT2D eigenvalue weighted by Gasteiger charge is -2.05. The molecule has 0 aliphatic heterocycles. The molecule has 0 atom stereocenters. The number of rotatable bonds is 37. The lowest BCUT2D eigenvalue weighted by molar-refractivity contribution is -0.159. The molecule has 0 heterocycles. The van der Waals surface area contributed by atoms with Gasteiger partial charge in [-0.2, -0.15) is 0 Å². The van der Waals surface area contributed by atoms with E-state index in [0.29, 0.717) is 12.8 Å². The Kier molecular flexibility index (Phi) is 39.1. The molecule has 0 unspecified atom stereocenters. The summed E-state index contributed by atoms with van der Waals surface area (Å²) >= 11 is 0. The summed E-state index contributed by atoms with van der Waals surface area (Å²) in [6.45, 7) is 4.45. The fourth-order valence-electron chi connectivity index (χ4n) is 6.17. The van der Waals surface area contributed by atoms with Gasteiger partial charge >= 0.3 is 11.9 Å². The van der Waals surface area contributed by atoms with Crippen LogP contribution in [-0.4, -0.2) is 11.9 Å². The first kappa shape index (κ1) is 45.4. The third kappa shape index (κ3) is 40.5. The Balaban J connectivity index is 3.31. The zero-order valence-corrected chi connectivity index (χ0v) is 31.7. The van der Waals surface area contributed by atoms with Crippen LogP contribution >= 0.6 is 0 Å². The Morgan fingerprint density at radius 2 is 0.660 bits per heavy atom. The van der Waals surface area contributed by atoms with E-state index in [0.717, 1.165) is 57.8 Å². The molecule has 3 heteroatoms. The fraction of sp³-hybridized carbons (Fsp3) is 0.818. The molecule has 0 fully saturated rings. The van der Waals surface area contributed by atoms with Gasteiger partial charge < -0.3 is 4.74 Å². The van der Waals surface area contributed by atoms with E-state index in [1.807, 2.05) is 0 Å². The number of carbonyl (C=O) groups is 2. The van der Waals surface area contributed by atoms with Gasteiger partial charge in [-0.3, -0.25) is 9.59 Å². The minimum atomic E-state index is -0.342. The molecule has 0 amide bonds. The van der Waals surface area contributed by atoms with E-state index in [9.17, 15) is 9.59 Å². The number of unbranched alkanes of at least 4 members (excludes halogenated alkanes) is 27. The fourth-order valence-corrected chi connectivity index (χ4v) is 6.17. The van der Waals surface area contributed by atoms with Gasteiger partial charge in [0, 0.05) is 12.8 Å². The van der Waals surface area contributed by atoms with Gasteiger partial charge in [0.15, 0.2) is 0 Å². The first-order chi connectivity index (χ1) is 23.2. The Hall–Kier alpha value is -1.64. The highest BCUT2D eigenvalue weighted by Crippen LogP contribution is 2.16. The van der Waals surface area contributed by atoms with Crippen LogP contribution in [0.5, 0.6) is 0 Å². The van der Waals surface area contributed by atoms with Gasteiger partial charge in [-0.1, -0.05) is 211 Å². The van der Waals surface area contributed by atoms with E-state index >= 15 is 0 Å². The third-order valence-corrected chi connectivity index (χ3v) is 9.24. The monoisotopic (exact) mass is 657 g/mol. The van der Waals surface area contributed by atoms with Crippen LogP contribution in [-0.2, 0) is 14.3 Å². The zero-order chi connectivity index (χ0) is 34.1. The number of ether oxygens (including phenoxy) is 1. The molecule has 0 aromatic rings. The molecule has 0 radical (unpaired) electrons. The molecule has 274 valence electrons. The second-order valence-corrected chi connectivity index (χ2v) is 14.0. The normalized spacial score (nSPS) is 11.9. The lowest BCUT2D eigenvalue weighted by atomic mass is 10.0. The van der Waals surface area contributed by atoms with Gasteiger partial charge in [0.1, 0.15) is 0 Å². The van der Waals surface area contributed by atoms with Crippen LogP contribution < -0.4 is 0 Å². The molecule has 0 N–H and O–H groups in total. The number of hydrogen-bond donors (Lipinski definition) is 0. The number of allylic oxidation sites excluding steroid dienone is 6. The SMILES string of the molecule is CC/C=C\C/C=C\C/C=C\CCCCCCCC(=O)OC(=O)CCCCCCCCCCCCCCCCCCCCCCCCC. The third-order valence-electron chi connectivity index (χ3n) is 9.24. The minimum absolute atomic E-state index is 0.336. The predicted molar refractivity (Wildman–Crippen MR) is 207 cm³/mol. The molecule has 0 saturated heterocycles. The molecule has 3 nitrogen and oxygen atoms in total. The summed E-state index contributed by atoms with van der Waals surface area (Å²) < 4.78 is 5.02. The highest BCUT2D eigenvalue weighted by atomic mass is 16.6. The van der Waals surface area contributed by atoms with Gasteiger partial charge in [0.25, 0.3) is 0 Å². The molecule has 0 aromatic heterocycles. The Bertz CT molecular complexity index is 734. The molecule has 0 saturated carbocycles. The smallest absolute Gasteiger partial charge is 0.313 e. The van der Waals surface area contributed by atoms with Crippen LogP contribution in [0.1, 0.15) is 232 Å². The van der Waals surface area contributed by atoms with Crippen LogP contribution in [0.3, 0.4) is 0 Å². The largest absolute Gasteiger partial charge is 0.393 e. The lowest BCUT2D eigenvalue weighted by Crippen LogP contribution is -2.11. The van der Waals surface area contributed by atoms with Gasteiger partial charge in [-0.15, -0.1) is 0 Å². The van der Waals surface area contributed by atoms with Crippen molar-refractivity contribution in [2.75, 3.05) is 0 Å². The zero-order valence-electron chi connectivity index (χ0n) is 31.7. The van der Waals surface area contributed by atoms with Crippen molar-refractivity contribution in [2.24, 2.45) is 0 Å². The topological polar surface area (TPSA) is 43.4 Å². The maximum atomic E-state index is 12.0. The molecule has 0 spiro atoms. The predicted octanol–water partition coefficient (Wildman–Crippen LogP) is 15.0. The van der Waals surface area contributed by atoms with E-state index in [4.69, 9.17) is 4.74 Å². The van der Waals surface area contributed by atoms with Crippen molar-refractivity contribution in [2.45, 2.75) is 232 Å². The second-order valence-electron chi connectivity index (χ2n) is 14.0. The average Bonchev–Trinajstić information content (AvgIpc) is 3.06. The van der Waals surface area contributed by atoms with Crippen LogP contribution in [0, 0.1) is 0 Å². The van der Waals surface area contributed by atoms with Crippen molar-refractivity contribution in [1.82, 2.24) is 0 Å². The van der Waals surface area contributed by atoms with Gasteiger partial charge in [0.05, 0.1) is 0 Å². The van der Waals surface area contributed by atoms with Crippen molar-refractivity contribution >= 4 is 11.9 Å². The maximum Gasteiger partial charge on any atom is 0.313 e. The van der Waals surface area contributed by atoms with Gasteiger partial charge in [-0.05, 0) is 44.9 Å². The molecule has 47 heavy (non-hydrogen) atoms. The molecule has 0 aliphatic rings. The summed E-state index contributed by atoms with van der Waals surface area (Å²) in [4.78, 5) is 23.9. The maximum absolute atomic E-state index is 12.0. The Labute approximate surface area is 294 Å². The summed E-state index contributed by atoms with van der Waals surface area (Å²) in [6, 6.07) is 0. The van der Waals surface area contributed by atoms with Crippen LogP contribution in [0.15, 0.2) is 36.5 Å². The summed E-state index contributed by atoms with van der Waals surface area (Å²) in [6.07, 6.45) is 55.1. The molecular weight excluding hydrogens is 576 g/mol. The highest BCUT2D eigenvalue weighted by Gasteiger charge is 2.09. The van der Waals surface area contributed by atoms with Crippen LogP contribution in [0.25, 0.3) is 0 Å². The van der Waals surface area contributed by atoms with E-state index in [2.05, 4.69) is 50.3 Å². The molecule has 0 aliphatic carbocycles. The van der Waals surface area contributed by atoms with Crippen molar-refractivity contribution < 1.29 is 14.3 Å². The van der Waals surface area contributed by atoms with E-state index in [-0.39, 0.29) is 11.9 Å². The van der Waals surface area contributed by atoms with Gasteiger partial charge in [0.2, 0.25) is 0 Å². The van der Waals surface area contributed by atoms with E-state index in [1.165, 1.54) is 148 Å². The molecule has 0 rings (SSSR count). The molecule has 0 bridgehead atoms. The van der Waals surface area contributed by atoms with Crippen molar-refractivity contribution in [3.63, 3.8) is 0 Å². The Morgan fingerprint density at radius 1 is 0.362 bits per heavy atom. The molecule has 0 aromatic carbocycles. The van der Waals surface area contributed by atoms with Gasteiger partial charge in [-0.25, -0.2) is 0 Å². The number of carbonyl (C=O) groups excluding carboxylic acids is 2. The molecular formula is C44H80O3. The Morgan fingerprint density at radius 3 is 1.02 bits per heavy atom. The van der Waals surface area contributed by atoms with Crippen LogP contribution in [0.2, 0.25) is 0 Å². The highest BCUT2D eigenvalue weighted by molar-refractivity contribution is 5.85. The standard InChI is InChI=1S/C44H80O3/c1-3-5-7-9-11-13-15-17-19-20-21-22-23-24-25-26-28-30-32-34-36-38-40-42-44(46)47-43(45)41-39-37-35-33-31-29-27-18-16-14-12-10-8-6-4-2/h6,8,12,14,18,27H,3-5,7,9-11,13,15-17,19-26,28-42H2,1-2H3/b8-6-,14-12-,27-18-. The second kappa shape index (κ2) is 40.5. The van der Waals surface area contributed by atoms with E-state index in [1.54, 1.807) is 0 Å². The minimum Gasteiger partial charge on any atom is -0.393 e. The summed E-state index contributed by atoms with van der Waals surface area (Å²) in [5.41, 5.74) is 0. The van der Waals surface area contributed by atoms with E-state index < -0.39 is 0 Å². The summed E-state index contributed by atoms with van der Waals surface area (Å²) in [7, 11) is 0. The number of hydrogen-bond acceptors (Lipinski definition) is 3. The summed E-state index contributed by atoms with van der Waals surface area (Å²) in [5.74, 6) is -0.678. The average molecular weight is 657 g/mol.